The summed E-state index contributed by atoms with van der Waals surface area (Å²) >= 11 is 0. The summed E-state index contributed by atoms with van der Waals surface area (Å²) in [5.74, 6) is 0. The maximum Gasteiger partial charge on any atom is 0.111 e. The molecule has 0 saturated carbocycles. The normalized spacial score (nSPS) is 30.0. The van der Waals surface area contributed by atoms with E-state index >= 15 is 0 Å². The molecule has 0 radical (unpaired) electrons. The topological polar surface area (TPSA) is 3.24 Å². The first kappa shape index (κ1) is 6.86. The monoisotopic (exact) mass is 155 g/mol. The van der Waals surface area contributed by atoms with Crippen molar-refractivity contribution in [3.63, 3.8) is 0 Å². The minimum absolute atomic E-state index is 0.249. The lowest BCUT2D eigenvalue weighted by Gasteiger charge is -2.38. The summed E-state index contributed by atoms with van der Waals surface area (Å²) in [6, 6.07) is 3.25. The highest BCUT2D eigenvalue weighted by Crippen LogP contribution is 2.25. The molecule has 10 heavy (non-hydrogen) atoms. The lowest BCUT2D eigenvalue weighted by molar-refractivity contribution is 0.343. The first-order valence-corrected chi connectivity index (χ1v) is 6.86. The smallest absolute Gasteiger partial charge is 0.111 e. The van der Waals surface area contributed by atoms with E-state index in [1.165, 1.54) is 32.4 Å². The fraction of sp³-hybridized carbons (Fsp3) is 1.00. The fourth-order valence-electron chi connectivity index (χ4n) is 2.04. The first-order chi connectivity index (χ1) is 4.97. The van der Waals surface area contributed by atoms with E-state index in [-0.39, 0.29) is 8.96 Å². The predicted octanol–water partition coefficient (Wildman–Crippen LogP) is 1.60. The van der Waals surface area contributed by atoms with Crippen molar-refractivity contribution in [1.29, 1.82) is 0 Å². The lowest BCUT2D eigenvalue weighted by Crippen LogP contribution is -2.46. The number of piperidine rings is 1. The Morgan fingerprint density at radius 1 is 0.800 bits per heavy atom. The van der Waals surface area contributed by atoms with Crippen LogP contribution in [-0.2, 0) is 0 Å². The summed E-state index contributed by atoms with van der Waals surface area (Å²) in [6.45, 7) is 2.91. The number of nitrogens with zero attached hydrogens (tertiary/aromatic N) is 1. The van der Waals surface area contributed by atoms with Crippen LogP contribution in [0.15, 0.2) is 0 Å². The van der Waals surface area contributed by atoms with Gasteiger partial charge in [0.1, 0.15) is 8.96 Å². The predicted molar refractivity (Wildman–Crippen MR) is 46.8 cm³/mol. The van der Waals surface area contributed by atoms with Crippen LogP contribution in [0.4, 0.5) is 0 Å². The first-order valence-electron chi connectivity index (χ1n) is 4.71. The Bertz CT molecular complexity index is 106. The fourth-order valence-corrected chi connectivity index (χ4v) is 4.63. The lowest BCUT2D eigenvalue weighted by atomic mass is 10.2. The van der Waals surface area contributed by atoms with Crippen molar-refractivity contribution in [3.05, 3.63) is 0 Å². The Balaban J connectivity index is 1.78. The highest BCUT2D eigenvalue weighted by Gasteiger charge is 2.26. The molecule has 1 nitrogen and oxygen atoms in total. The van der Waals surface area contributed by atoms with Gasteiger partial charge in [0.05, 0.1) is 0 Å². The second kappa shape index (κ2) is 3.05. The molecule has 0 aliphatic carbocycles. The van der Waals surface area contributed by atoms with Crippen LogP contribution in [0, 0.1) is 0 Å². The molecule has 2 saturated heterocycles. The summed E-state index contributed by atoms with van der Waals surface area (Å²) in [4.78, 5) is 0. The molecule has 0 unspecified atom stereocenters. The van der Waals surface area contributed by atoms with E-state index < -0.39 is 0 Å². The van der Waals surface area contributed by atoms with Gasteiger partial charge in [-0.3, -0.25) is 0 Å². The molecule has 0 spiro atoms. The second-order valence-electron chi connectivity index (χ2n) is 3.68. The SMILES string of the molecule is C1CCN([SiH]2CCC2)CC1. The Labute approximate surface area is 65.1 Å². The molecule has 58 valence electrons. The van der Waals surface area contributed by atoms with Gasteiger partial charge in [-0.2, -0.15) is 0 Å². The van der Waals surface area contributed by atoms with E-state index in [2.05, 4.69) is 4.57 Å². The molecule has 2 aliphatic rings. The molecule has 2 fully saturated rings. The van der Waals surface area contributed by atoms with Crippen molar-refractivity contribution < 1.29 is 0 Å². The summed E-state index contributed by atoms with van der Waals surface area (Å²) in [5.41, 5.74) is 0. The molecule has 2 heteroatoms. The van der Waals surface area contributed by atoms with Crippen molar-refractivity contribution in [2.45, 2.75) is 37.8 Å². The highest BCUT2D eigenvalue weighted by atomic mass is 28.3. The largest absolute Gasteiger partial charge is 0.326 e. The third-order valence-electron chi connectivity index (χ3n) is 2.98. The van der Waals surface area contributed by atoms with Crippen LogP contribution in [0.2, 0.25) is 12.1 Å². The Hall–Kier alpha value is 0.177. The van der Waals surface area contributed by atoms with Crippen molar-refractivity contribution in [2.24, 2.45) is 0 Å². The van der Waals surface area contributed by atoms with Gasteiger partial charge >= 0.3 is 0 Å². The van der Waals surface area contributed by atoms with Crippen molar-refractivity contribution in [1.82, 2.24) is 4.57 Å². The zero-order chi connectivity index (χ0) is 6.81. The average Bonchev–Trinajstić information content (AvgIpc) is 1.86. The third kappa shape index (κ3) is 1.27. The van der Waals surface area contributed by atoms with Crippen LogP contribution < -0.4 is 0 Å². The molecule has 0 bridgehead atoms. The zero-order valence-corrected chi connectivity index (χ0v) is 7.84. The van der Waals surface area contributed by atoms with E-state index in [9.17, 15) is 0 Å². The third-order valence-corrected chi connectivity index (χ3v) is 6.68. The van der Waals surface area contributed by atoms with Gasteiger partial charge < -0.3 is 4.57 Å². The van der Waals surface area contributed by atoms with Crippen LogP contribution in [0.1, 0.15) is 25.7 Å². The molecule has 0 aromatic carbocycles. The minimum Gasteiger partial charge on any atom is -0.326 e. The molecule has 0 amide bonds. The van der Waals surface area contributed by atoms with Crippen LogP contribution in [0.3, 0.4) is 0 Å². The Kier molecular flexibility index (Phi) is 2.09. The summed E-state index contributed by atoms with van der Waals surface area (Å²) in [7, 11) is -0.249. The van der Waals surface area contributed by atoms with Gasteiger partial charge in [0.25, 0.3) is 0 Å². The number of hydrogen-bond donors (Lipinski definition) is 0. The molecular formula is C8H17NSi. The van der Waals surface area contributed by atoms with Gasteiger partial charge in [0.15, 0.2) is 0 Å². The van der Waals surface area contributed by atoms with Crippen LogP contribution >= 0.6 is 0 Å². The van der Waals surface area contributed by atoms with Gasteiger partial charge in [0.2, 0.25) is 0 Å². The van der Waals surface area contributed by atoms with E-state index in [4.69, 9.17) is 0 Å². The Morgan fingerprint density at radius 3 is 2.00 bits per heavy atom. The number of hydrogen-bond acceptors (Lipinski definition) is 1. The molecule has 2 rings (SSSR count). The van der Waals surface area contributed by atoms with Gasteiger partial charge in [-0.15, -0.1) is 0 Å². The summed E-state index contributed by atoms with van der Waals surface area (Å²) < 4.78 is 2.84. The highest BCUT2D eigenvalue weighted by molar-refractivity contribution is 6.58. The van der Waals surface area contributed by atoms with Crippen molar-refractivity contribution in [3.8, 4) is 0 Å². The van der Waals surface area contributed by atoms with Crippen LogP contribution in [0.25, 0.3) is 0 Å². The van der Waals surface area contributed by atoms with Crippen molar-refractivity contribution in [2.75, 3.05) is 13.1 Å². The minimum atomic E-state index is -0.249. The molecule has 0 aromatic heterocycles. The van der Waals surface area contributed by atoms with Crippen LogP contribution in [-0.4, -0.2) is 26.6 Å². The molecule has 2 heterocycles. The van der Waals surface area contributed by atoms with Gasteiger partial charge in [-0.1, -0.05) is 12.8 Å². The molecular weight excluding hydrogens is 138 g/mol. The van der Waals surface area contributed by atoms with Crippen LogP contribution in [0.5, 0.6) is 0 Å². The Morgan fingerprint density at radius 2 is 1.50 bits per heavy atom. The van der Waals surface area contributed by atoms with Gasteiger partial charge in [-0.25, -0.2) is 0 Å². The standard InChI is InChI=1S/C8H17NSi/c1-2-5-9(6-3-1)10-7-4-8-10/h10H,1-8H2. The number of rotatable bonds is 1. The van der Waals surface area contributed by atoms with E-state index in [1.54, 1.807) is 18.5 Å². The van der Waals surface area contributed by atoms with E-state index in [1.807, 2.05) is 0 Å². The maximum absolute atomic E-state index is 2.84. The zero-order valence-electron chi connectivity index (χ0n) is 6.68. The van der Waals surface area contributed by atoms with Crippen molar-refractivity contribution >= 4 is 8.96 Å². The van der Waals surface area contributed by atoms with Gasteiger partial charge in [0, 0.05) is 0 Å². The molecule has 0 aromatic rings. The summed E-state index contributed by atoms with van der Waals surface area (Å²) in [5, 5.41) is 0. The second-order valence-corrected chi connectivity index (χ2v) is 6.87. The quantitative estimate of drug-likeness (QED) is 0.520. The van der Waals surface area contributed by atoms with E-state index in [0.717, 1.165) is 0 Å². The average molecular weight is 155 g/mol. The molecule has 2 aliphatic heterocycles. The maximum atomic E-state index is 2.84. The van der Waals surface area contributed by atoms with E-state index in [0.29, 0.717) is 0 Å². The molecule has 0 N–H and O–H groups in total. The summed E-state index contributed by atoms with van der Waals surface area (Å²) in [6.07, 6.45) is 6.03. The molecule has 0 atom stereocenters. The van der Waals surface area contributed by atoms with Gasteiger partial charge in [-0.05, 0) is 38.0 Å².